The molecule has 10 nitrogen and oxygen atoms in total. The van der Waals surface area contributed by atoms with Crippen LogP contribution >= 0.6 is 19.1 Å². The average molecular weight is 389 g/mol. The molecular formula is C13H18ClN6O4P. The standard InChI is InChI=1S/C13H18ClN6O4P/c1-23-25(2,22)16-7-6-15-12-11(19-24-20-12)13(18-21)17-10-5-3-4-9(14)8-10/h3-5,8,21H,6-7H2,1-2H3,(H,15,20)(H,16,22)(H,17,18). The summed E-state index contributed by atoms with van der Waals surface area (Å²) in [5.74, 6) is 0.282. The van der Waals surface area contributed by atoms with Crippen molar-refractivity contribution in [3.8, 4) is 0 Å². The lowest BCUT2D eigenvalue weighted by Crippen LogP contribution is -2.24. The van der Waals surface area contributed by atoms with Crippen molar-refractivity contribution in [3.63, 3.8) is 0 Å². The molecule has 0 aliphatic heterocycles. The SMILES string of the molecule is COP(C)(=O)NCCNc1nonc1C(=Nc1cccc(Cl)c1)NO. The van der Waals surface area contributed by atoms with Crippen molar-refractivity contribution >= 4 is 36.5 Å². The normalized spacial score (nSPS) is 14.2. The minimum absolute atomic E-state index is 0.0250. The first-order valence-corrected chi connectivity index (χ1v) is 9.59. The van der Waals surface area contributed by atoms with Gasteiger partial charge in [0, 0.05) is 31.9 Å². The van der Waals surface area contributed by atoms with Gasteiger partial charge >= 0.3 is 0 Å². The van der Waals surface area contributed by atoms with Crippen LogP contribution in [0, 0.1) is 0 Å². The van der Waals surface area contributed by atoms with Crippen LogP contribution in [0.4, 0.5) is 11.5 Å². The molecule has 1 atom stereocenters. The number of aliphatic imine (C=N–C) groups is 1. The molecule has 2 rings (SSSR count). The summed E-state index contributed by atoms with van der Waals surface area (Å²) in [6.45, 7) is 2.18. The van der Waals surface area contributed by atoms with Crippen LogP contribution in [-0.2, 0) is 9.09 Å². The zero-order chi connectivity index (χ0) is 18.3. The number of hydrogen-bond donors (Lipinski definition) is 4. The number of nitrogens with one attached hydrogen (secondary N) is 3. The molecule has 0 saturated heterocycles. The summed E-state index contributed by atoms with van der Waals surface area (Å²) in [5, 5.41) is 23.0. The maximum Gasteiger partial charge on any atom is 0.266 e. The number of hydrogen-bond acceptors (Lipinski definition) is 8. The summed E-state index contributed by atoms with van der Waals surface area (Å²) < 4.78 is 21.2. The molecule has 0 spiro atoms. The average Bonchev–Trinajstić information content (AvgIpc) is 3.05. The Morgan fingerprint density at radius 1 is 1.44 bits per heavy atom. The molecule has 1 aromatic carbocycles. The van der Waals surface area contributed by atoms with Crippen LogP contribution in [0.15, 0.2) is 33.9 Å². The van der Waals surface area contributed by atoms with Crippen LogP contribution in [0.2, 0.25) is 5.02 Å². The van der Waals surface area contributed by atoms with Crippen molar-refractivity contribution in [2.45, 2.75) is 0 Å². The Morgan fingerprint density at radius 2 is 2.24 bits per heavy atom. The first-order valence-electron chi connectivity index (χ1n) is 7.14. The van der Waals surface area contributed by atoms with Crippen LogP contribution in [0.3, 0.4) is 0 Å². The lowest BCUT2D eigenvalue weighted by atomic mass is 10.3. The smallest absolute Gasteiger partial charge is 0.266 e. The van der Waals surface area contributed by atoms with Gasteiger partial charge in [-0.15, -0.1) is 0 Å². The van der Waals surface area contributed by atoms with Gasteiger partial charge in [-0.25, -0.2) is 14.7 Å². The Morgan fingerprint density at radius 3 is 2.92 bits per heavy atom. The highest BCUT2D eigenvalue weighted by molar-refractivity contribution is 7.56. The maximum atomic E-state index is 11.7. The van der Waals surface area contributed by atoms with Crippen LogP contribution in [-0.4, -0.2) is 48.2 Å². The summed E-state index contributed by atoms with van der Waals surface area (Å²) in [4.78, 5) is 4.21. The quantitative estimate of drug-likeness (QED) is 0.176. The molecule has 0 bridgehead atoms. The fourth-order valence-corrected chi connectivity index (χ4v) is 2.60. The largest absolute Gasteiger partial charge is 0.364 e. The van der Waals surface area contributed by atoms with Gasteiger partial charge in [0.05, 0.1) is 5.69 Å². The fourth-order valence-electron chi connectivity index (χ4n) is 1.77. The van der Waals surface area contributed by atoms with Gasteiger partial charge in [0.15, 0.2) is 11.5 Å². The highest BCUT2D eigenvalue weighted by Crippen LogP contribution is 2.35. The number of rotatable bonds is 8. The molecule has 25 heavy (non-hydrogen) atoms. The molecule has 0 aliphatic rings. The summed E-state index contributed by atoms with van der Waals surface area (Å²) in [6.07, 6.45) is 0. The second kappa shape index (κ2) is 8.93. The Bertz CT molecular complexity index is 783. The molecule has 136 valence electrons. The maximum absolute atomic E-state index is 11.7. The molecule has 12 heteroatoms. The molecule has 1 unspecified atom stereocenters. The molecule has 1 aromatic heterocycles. The third-order valence-electron chi connectivity index (χ3n) is 3.03. The predicted molar refractivity (Wildman–Crippen MR) is 93.9 cm³/mol. The van der Waals surface area contributed by atoms with E-state index in [4.69, 9.17) is 16.1 Å². The van der Waals surface area contributed by atoms with Crippen LogP contribution in [0.5, 0.6) is 0 Å². The minimum Gasteiger partial charge on any atom is -0.364 e. The highest BCUT2D eigenvalue weighted by Gasteiger charge is 2.17. The number of halogens is 1. The van der Waals surface area contributed by atoms with Crippen molar-refractivity contribution in [1.82, 2.24) is 20.9 Å². The van der Waals surface area contributed by atoms with E-state index in [9.17, 15) is 9.77 Å². The van der Waals surface area contributed by atoms with Gasteiger partial charge in [-0.2, -0.15) is 0 Å². The molecule has 1 heterocycles. The Kier molecular flexibility index (Phi) is 6.91. The summed E-state index contributed by atoms with van der Waals surface area (Å²) in [5.41, 5.74) is 2.64. The number of aromatic nitrogens is 2. The first kappa shape index (κ1) is 19.4. The molecule has 0 aliphatic carbocycles. The van der Waals surface area contributed by atoms with E-state index in [2.05, 4.69) is 30.3 Å². The van der Waals surface area contributed by atoms with E-state index in [1.165, 1.54) is 13.8 Å². The van der Waals surface area contributed by atoms with E-state index in [0.29, 0.717) is 23.8 Å². The van der Waals surface area contributed by atoms with Crippen molar-refractivity contribution in [2.75, 3.05) is 32.2 Å². The molecule has 0 saturated carbocycles. The van der Waals surface area contributed by atoms with Gasteiger partial charge < -0.3 is 9.84 Å². The third kappa shape index (κ3) is 5.80. The van der Waals surface area contributed by atoms with E-state index in [-0.39, 0.29) is 17.3 Å². The summed E-state index contributed by atoms with van der Waals surface area (Å²) in [7, 11) is -1.44. The second-order valence-corrected chi connectivity index (χ2v) is 7.69. The minimum atomic E-state index is -2.81. The lowest BCUT2D eigenvalue weighted by Gasteiger charge is -2.12. The monoisotopic (exact) mass is 388 g/mol. The van der Waals surface area contributed by atoms with Gasteiger partial charge in [-0.1, -0.05) is 17.7 Å². The number of anilines is 1. The molecular weight excluding hydrogens is 371 g/mol. The Labute approximate surface area is 149 Å². The van der Waals surface area contributed by atoms with Gasteiger partial charge in [0.2, 0.25) is 5.82 Å². The zero-order valence-corrected chi connectivity index (χ0v) is 15.2. The Balaban J connectivity index is 2.07. The lowest BCUT2D eigenvalue weighted by molar-refractivity contribution is 0.234. The van der Waals surface area contributed by atoms with E-state index in [0.717, 1.165) is 0 Å². The van der Waals surface area contributed by atoms with E-state index < -0.39 is 7.52 Å². The molecule has 0 radical (unpaired) electrons. The number of amidine groups is 1. The molecule has 0 amide bonds. The van der Waals surface area contributed by atoms with Gasteiger partial charge in [0.1, 0.15) is 0 Å². The first-order chi connectivity index (χ1) is 11.9. The second-order valence-electron chi connectivity index (χ2n) is 4.88. The van der Waals surface area contributed by atoms with Crippen molar-refractivity contribution in [2.24, 2.45) is 4.99 Å². The number of hydroxylamine groups is 1. The van der Waals surface area contributed by atoms with Gasteiger partial charge in [-0.05, 0) is 28.5 Å². The van der Waals surface area contributed by atoms with Crippen LogP contribution in [0.1, 0.15) is 5.69 Å². The zero-order valence-electron chi connectivity index (χ0n) is 13.6. The predicted octanol–water partition coefficient (Wildman–Crippen LogP) is 2.25. The van der Waals surface area contributed by atoms with Crippen molar-refractivity contribution < 1.29 is 18.9 Å². The van der Waals surface area contributed by atoms with E-state index in [1.54, 1.807) is 24.3 Å². The molecule has 4 N–H and O–H groups in total. The van der Waals surface area contributed by atoms with E-state index >= 15 is 0 Å². The van der Waals surface area contributed by atoms with Gasteiger partial charge in [0.25, 0.3) is 7.52 Å². The highest BCUT2D eigenvalue weighted by atomic mass is 35.5. The van der Waals surface area contributed by atoms with Crippen molar-refractivity contribution in [3.05, 3.63) is 35.0 Å². The Hall–Kier alpha value is -1.97. The van der Waals surface area contributed by atoms with E-state index in [1.807, 2.05) is 5.48 Å². The summed E-state index contributed by atoms with van der Waals surface area (Å²) >= 11 is 5.91. The number of nitrogens with zero attached hydrogens (tertiary/aromatic N) is 3. The molecule has 0 fully saturated rings. The molecule has 2 aromatic rings. The fraction of sp³-hybridized carbons (Fsp3) is 0.308. The topological polar surface area (TPSA) is 134 Å². The van der Waals surface area contributed by atoms with Crippen LogP contribution < -0.4 is 15.9 Å². The number of benzene rings is 1. The van der Waals surface area contributed by atoms with Crippen LogP contribution in [0.25, 0.3) is 0 Å². The summed E-state index contributed by atoms with van der Waals surface area (Å²) in [6, 6.07) is 6.75. The van der Waals surface area contributed by atoms with Crippen molar-refractivity contribution in [1.29, 1.82) is 0 Å². The van der Waals surface area contributed by atoms with Gasteiger partial charge in [-0.3, -0.25) is 15.3 Å². The third-order valence-corrected chi connectivity index (χ3v) is 4.76.